The van der Waals surface area contributed by atoms with E-state index in [4.69, 9.17) is 9.47 Å². The fraction of sp³-hybridized carbons (Fsp3) is 0.125. The zero-order chi connectivity index (χ0) is 26.1. The topological polar surface area (TPSA) is 163 Å². The fourth-order valence-corrected chi connectivity index (χ4v) is 3.04. The van der Waals surface area contributed by atoms with Gasteiger partial charge in [-0.25, -0.2) is 10.2 Å². The van der Waals surface area contributed by atoms with Gasteiger partial charge >= 0.3 is 5.97 Å². The van der Waals surface area contributed by atoms with Crippen molar-refractivity contribution in [1.29, 1.82) is 0 Å². The van der Waals surface area contributed by atoms with E-state index < -0.39 is 27.2 Å². The Hall–Kier alpha value is -5.13. The molecule has 0 fully saturated rings. The van der Waals surface area contributed by atoms with Gasteiger partial charge in [-0.15, -0.1) is 0 Å². The Kier molecular flexibility index (Phi) is 8.38. The van der Waals surface area contributed by atoms with Gasteiger partial charge < -0.3 is 9.47 Å². The molecule has 0 atom stereocenters. The standard InChI is InChI=1S/C24H20N4O8/c1-2-35-22-10-17(15-25-26-23(29)11-16-6-4-3-5-7-16)8-9-21(22)36-24(30)18-12-19(27(31)32)14-20(13-18)28(33)34/h3-10,12-15H,2,11H2,1H3,(H,26,29)/b25-15+. The molecule has 12 nitrogen and oxygen atoms in total. The van der Waals surface area contributed by atoms with Crippen molar-refractivity contribution in [3.05, 3.63) is 104 Å². The van der Waals surface area contributed by atoms with Crippen molar-refractivity contribution in [2.24, 2.45) is 5.10 Å². The Balaban J connectivity index is 1.74. The average molecular weight is 492 g/mol. The Bertz CT molecular complexity index is 1290. The van der Waals surface area contributed by atoms with Gasteiger partial charge in [0.05, 0.1) is 40.7 Å². The molecule has 0 saturated heterocycles. The van der Waals surface area contributed by atoms with E-state index in [-0.39, 0.29) is 36.0 Å². The number of amides is 1. The maximum absolute atomic E-state index is 12.6. The average Bonchev–Trinajstić information content (AvgIpc) is 2.86. The van der Waals surface area contributed by atoms with Crippen LogP contribution in [0.4, 0.5) is 11.4 Å². The summed E-state index contributed by atoms with van der Waals surface area (Å²) in [5.41, 5.74) is 2.16. The van der Waals surface area contributed by atoms with E-state index in [1.807, 2.05) is 30.3 Å². The van der Waals surface area contributed by atoms with Crippen LogP contribution in [0.25, 0.3) is 0 Å². The first-order valence-electron chi connectivity index (χ1n) is 10.6. The third-order valence-electron chi connectivity index (χ3n) is 4.64. The number of esters is 1. The molecule has 0 aromatic heterocycles. The van der Waals surface area contributed by atoms with Gasteiger partial charge in [-0.05, 0) is 36.2 Å². The van der Waals surface area contributed by atoms with Crippen LogP contribution in [0, 0.1) is 20.2 Å². The molecule has 184 valence electrons. The molecule has 0 spiro atoms. The summed E-state index contributed by atoms with van der Waals surface area (Å²) in [5, 5.41) is 26.1. The molecule has 0 aliphatic heterocycles. The number of nitro benzene ring substituents is 2. The lowest BCUT2D eigenvalue weighted by molar-refractivity contribution is -0.394. The maximum Gasteiger partial charge on any atom is 0.344 e. The highest BCUT2D eigenvalue weighted by molar-refractivity contribution is 5.93. The highest BCUT2D eigenvalue weighted by Crippen LogP contribution is 2.30. The second-order valence-electron chi connectivity index (χ2n) is 7.24. The number of non-ortho nitro benzene ring substituents is 2. The van der Waals surface area contributed by atoms with E-state index in [2.05, 4.69) is 10.5 Å². The number of nitrogens with zero attached hydrogens (tertiary/aromatic N) is 3. The first-order chi connectivity index (χ1) is 17.3. The lowest BCUT2D eigenvalue weighted by atomic mass is 10.1. The quantitative estimate of drug-likeness (QED) is 0.147. The van der Waals surface area contributed by atoms with E-state index >= 15 is 0 Å². The molecule has 3 aromatic carbocycles. The van der Waals surface area contributed by atoms with Crippen molar-refractivity contribution in [3.8, 4) is 11.5 Å². The molecule has 1 amide bonds. The van der Waals surface area contributed by atoms with Crippen LogP contribution in [0.15, 0.2) is 71.8 Å². The SMILES string of the molecule is CCOc1cc(/C=N/NC(=O)Cc2ccccc2)ccc1OC(=O)c1cc([N+](=O)[O-])cc([N+](=O)[O-])c1. The minimum atomic E-state index is -1.04. The van der Waals surface area contributed by atoms with Crippen LogP contribution in [0.3, 0.4) is 0 Å². The first kappa shape index (κ1) is 25.5. The number of ether oxygens (including phenoxy) is 2. The molecule has 0 bridgehead atoms. The van der Waals surface area contributed by atoms with Crippen molar-refractivity contribution in [1.82, 2.24) is 5.43 Å². The number of rotatable bonds is 10. The zero-order valence-electron chi connectivity index (χ0n) is 19.0. The largest absolute Gasteiger partial charge is 0.490 e. The number of hydrogen-bond acceptors (Lipinski definition) is 9. The minimum absolute atomic E-state index is 0.0127. The summed E-state index contributed by atoms with van der Waals surface area (Å²) in [6, 6.07) is 16.1. The molecule has 0 aliphatic rings. The number of carbonyl (C=O) groups is 2. The van der Waals surface area contributed by atoms with Gasteiger partial charge in [0.15, 0.2) is 11.5 Å². The molecule has 3 rings (SSSR count). The Morgan fingerprint density at radius 2 is 1.61 bits per heavy atom. The van der Waals surface area contributed by atoms with Crippen molar-refractivity contribution in [2.75, 3.05) is 6.61 Å². The summed E-state index contributed by atoms with van der Waals surface area (Å²) < 4.78 is 10.8. The first-order valence-corrected chi connectivity index (χ1v) is 10.6. The van der Waals surface area contributed by atoms with E-state index in [1.165, 1.54) is 24.4 Å². The highest BCUT2D eigenvalue weighted by atomic mass is 16.6. The third-order valence-corrected chi connectivity index (χ3v) is 4.64. The Morgan fingerprint density at radius 3 is 2.22 bits per heavy atom. The molecular weight excluding hydrogens is 472 g/mol. The molecule has 1 N–H and O–H groups in total. The van der Waals surface area contributed by atoms with Crippen molar-refractivity contribution >= 4 is 29.5 Å². The summed E-state index contributed by atoms with van der Waals surface area (Å²) in [5.74, 6) is -1.21. The van der Waals surface area contributed by atoms with E-state index in [1.54, 1.807) is 6.92 Å². The Labute approximate surface area is 204 Å². The Morgan fingerprint density at radius 1 is 0.944 bits per heavy atom. The van der Waals surface area contributed by atoms with E-state index in [0.29, 0.717) is 5.56 Å². The van der Waals surface area contributed by atoms with Crippen LogP contribution in [0.1, 0.15) is 28.4 Å². The molecule has 3 aromatic rings. The predicted molar refractivity (Wildman–Crippen MR) is 128 cm³/mol. The second-order valence-corrected chi connectivity index (χ2v) is 7.24. The molecule has 0 radical (unpaired) electrons. The molecule has 0 heterocycles. The van der Waals surface area contributed by atoms with Crippen LogP contribution in [-0.4, -0.2) is 34.5 Å². The van der Waals surface area contributed by atoms with Crippen LogP contribution in [0.5, 0.6) is 11.5 Å². The predicted octanol–water partition coefficient (Wildman–Crippen LogP) is 3.81. The number of carbonyl (C=O) groups excluding carboxylic acids is 2. The highest BCUT2D eigenvalue weighted by Gasteiger charge is 2.22. The van der Waals surface area contributed by atoms with Crippen LogP contribution < -0.4 is 14.9 Å². The van der Waals surface area contributed by atoms with Gasteiger partial charge in [0.25, 0.3) is 11.4 Å². The summed E-state index contributed by atoms with van der Waals surface area (Å²) in [6.45, 7) is 1.93. The number of nitro groups is 2. The monoisotopic (exact) mass is 492 g/mol. The fourth-order valence-electron chi connectivity index (χ4n) is 3.04. The number of benzene rings is 3. The van der Waals surface area contributed by atoms with Gasteiger partial charge in [-0.3, -0.25) is 25.0 Å². The molecule has 36 heavy (non-hydrogen) atoms. The zero-order valence-corrected chi connectivity index (χ0v) is 19.0. The van der Waals surface area contributed by atoms with Crippen molar-refractivity contribution in [3.63, 3.8) is 0 Å². The van der Waals surface area contributed by atoms with Crippen LogP contribution in [0.2, 0.25) is 0 Å². The second kappa shape index (κ2) is 11.8. The minimum Gasteiger partial charge on any atom is -0.490 e. The number of nitrogens with one attached hydrogen (secondary N) is 1. The molecule has 0 aliphatic carbocycles. The normalized spacial score (nSPS) is 10.6. The van der Waals surface area contributed by atoms with Gasteiger partial charge in [0, 0.05) is 12.1 Å². The lowest BCUT2D eigenvalue weighted by Crippen LogP contribution is -2.19. The smallest absolute Gasteiger partial charge is 0.344 e. The molecule has 12 heteroatoms. The molecule has 0 saturated carbocycles. The maximum atomic E-state index is 12.6. The van der Waals surface area contributed by atoms with Gasteiger partial charge in [-0.2, -0.15) is 5.10 Å². The number of hydrogen-bond donors (Lipinski definition) is 1. The lowest BCUT2D eigenvalue weighted by Gasteiger charge is -2.11. The van der Waals surface area contributed by atoms with Crippen molar-refractivity contribution < 1.29 is 28.9 Å². The van der Waals surface area contributed by atoms with E-state index in [9.17, 15) is 29.8 Å². The van der Waals surface area contributed by atoms with E-state index in [0.717, 1.165) is 23.8 Å². The summed E-state index contributed by atoms with van der Waals surface area (Å²) in [7, 11) is 0. The summed E-state index contributed by atoms with van der Waals surface area (Å²) in [4.78, 5) is 45.1. The van der Waals surface area contributed by atoms with Gasteiger partial charge in [-0.1, -0.05) is 30.3 Å². The number of hydrazone groups is 1. The van der Waals surface area contributed by atoms with Crippen LogP contribution >= 0.6 is 0 Å². The van der Waals surface area contributed by atoms with Crippen LogP contribution in [-0.2, 0) is 11.2 Å². The molecular formula is C24H20N4O8. The third kappa shape index (κ3) is 6.93. The van der Waals surface area contributed by atoms with Gasteiger partial charge in [0.1, 0.15) is 0 Å². The summed E-state index contributed by atoms with van der Waals surface area (Å²) in [6.07, 6.45) is 1.54. The van der Waals surface area contributed by atoms with Crippen molar-refractivity contribution in [2.45, 2.75) is 13.3 Å². The summed E-state index contributed by atoms with van der Waals surface area (Å²) >= 11 is 0. The molecule has 0 unspecified atom stereocenters. The van der Waals surface area contributed by atoms with Gasteiger partial charge in [0.2, 0.25) is 5.91 Å².